The molecule has 0 saturated heterocycles. The molecule has 5 rings (SSSR count). The van der Waals surface area contributed by atoms with E-state index in [1.165, 1.54) is 17.4 Å². The molecular weight excluding hydrogens is 425 g/mol. The molecule has 1 aliphatic carbocycles. The van der Waals surface area contributed by atoms with Gasteiger partial charge >= 0.3 is 0 Å². The van der Waals surface area contributed by atoms with Gasteiger partial charge in [0.2, 0.25) is 5.91 Å². The van der Waals surface area contributed by atoms with E-state index < -0.39 is 17.3 Å². The van der Waals surface area contributed by atoms with Crippen LogP contribution in [0, 0.1) is 12.7 Å². The van der Waals surface area contributed by atoms with E-state index >= 15 is 4.39 Å². The lowest BCUT2D eigenvalue weighted by atomic mass is 9.65. The van der Waals surface area contributed by atoms with Gasteiger partial charge in [-0.05, 0) is 43.5 Å². The van der Waals surface area contributed by atoms with Gasteiger partial charge in [0.15, 0.2) is 5.13 Å². The van der Waals surface area contributed by atoms with Crippen molar-refractivity contribution in [1.82, 2.24) is 4.98 Å². The summed E-state index contributed by atoms with van der Waals surface area (Å²) in [6, 6.07) is 13.6. The van der Waals surface area contributed by atoms with Crippen LogP contribution in [0.15, 0.2) is 53.9 Å². The van der Waals surface area contributed by atoms with Crippen molar-refractivity contribution in [1.29, 1.82) is 0 Å². The Morgan fingerprint density at radius 2 is 1.84 bits per heavy atom. The molecule has 1 N–H and O–H groups in total. The summed E-state index contributed by atoms with van der Waals surface area (Å²) in [5.41, 5.74) is 1.39. The third-order valence-corrected chi connectivity index (χ3v) is 7.49. The minimum atomic E-state index is -0.831. The molecule has 1 spiro atoms. The number of rotatable bonds is 3. The summed E-state index contributed by atoms with van der Waals surface area (Å²) in [4.78, 5) is 33.6. The Balaban J connectivity index is 1.70. The average molecular weight is 450 g/mol. The van der Waals surface area contributed by atoms with Crippen molar-refractivity contribution in [2.24, 2.45) is 0 Å². The van der Waals surface area contributed by atoms with Gasteiger partial charge in [0.05, 0.1) is 22.8 Å². The Kier molecular flexibility index (Phi) is 5.29. The van der Waals surface area contributed by atoms with Crippen molar-refractivity contribution in [2.45, 2.75) is 50.5 Å². The molecule has 7 heteroatoms. The Bertz CT molecular complexity index is 1190. The van der Waals surface area contributed by atoms with Crippen LogP contribution in [0.25, 0.3) is 0 Å². The summed E-state index contributed by atoms with van der Waals surface area (Å²) in [5, 5.41) is 5.40. The van der Waals surface area contributed by atoms with Crippen molar-refractivity contribution in [3.8, 4) is 0 Å². The Morgan fingerprint density at radius 3 is 2.56 bits per heavy atom. The van der Waals surface area contributed by atoms with E-state index in [-0.39, 0.29) is 17.5 Å². The van der Waals surface area contributed by atoms with Crippen LogP contribution in [0.2, 0.25) is 0 Å². The summed E-state index contributed by atoms with van der Waals surface area (Å²) in [7, 11) is 0. The van der Waals surface area contributed by atoms with Gasteiger partial charge in [-0.1, -0.05) is 49.6 Å². The molecule has 1 saturated carbocycles. The van der Waals surface area contributed by atoms with Crippen LogP contribution >= 0.6 is 11.3 Å². The van der Waals surface area contributed by atoms with Crippen LogP contribution in [0.4, 0.5) is 15.2 Å². The van der Waals surface area contributed by atoms with Crippen LogP contribution in [-0.4, -0.2) is 22.3 Å². The van der Waals surface area contributed by atoms with E-state index in [0.717, 1.165) is 25.0 Å². The van der Waals surface area contributed by atoms with Crippen molar-refractivity contribution in [2.75, 3.05) is 10.2 Å². The largest absolute Gasteiger partial charge is 0.301 e. The van der Waals surface area contributed by atoms with Gasteiger partial charge in [0, 0.05) is 10.9 Å². The summed E-state index contributed by atoms with van der Waals surface area (Å²) in [5.74, 6) is -1.54. The molecule has 2 aliphatic rings. The minimum absolute atomic E-state index is 0.206. The van der Waals surface area contributed by atoms with Crippen molar-refractivity contribution >= 4 is 34.0 Å². The number of aryl methyl sites for hydroxylation is 1. The molecule has 0 unspecified atom stereocenters. The number of para-hydroxylation sites is 1. The van der Waals surface area contributed by atoms with Crippen LogP contribution in [0.3, 0.4) is 0 Å². The molecule has 2 aromatic carbocycles. The molecule has 1 aromatic heterocycles. The van der Waals surface area contributed by atoms with E-state index in [4.69, 9.17) is 0 Å². The number of thiazole rings is 1. The standard InChI is InChI=1S/C25H24FN3O2S/c1-16-15-32-24(27-16)28-22(30)21-17-9-3-4-10-18(17)23(31)29(20-12-6-5-11-19(20)26)25(21)13-7-2-8-14-25/h3-6,9-12,15,21H,2,7-8,13-14H2,1H3,(H,27,28,30)/t21-/m1/s1. The second-order valence-electron chi connectivity index (χ2n) is 8.56. The third-order valence-electron chi connectivity index (χ3n) is 6.61. The molecule has 1 fully saturated rings. The lowest BCUT2D eigenvalue weighted by Gasteiger charge is -2.53. The van der Waals surface area contributed by atoms with Crippen LogP contribution in [-0.2, 0) is 4.79 Å². The highest BCUT2D eigenvalue weighted by Crippen LogP contribution is 2.51. The smallest absolute Gasteiger partial charge is 0.259 e. The van der Waals surface area contributed by atoms with Crippen LogP contribution in [0.5, 0.6) is 0 Å². The maximum absolute atomic E-state index is 15.0. The molecular formula is C25H24FN3O2S. The maximum atomic E-state index is 15.0. The molecule has 0 radical (unpaired) electrons. The van der Waals surface area contributed by atoms with Gasteiger partial charge in [0.1, 0.15) is 5.82 Å². The fourth-order valence-corrected chi connectivity index (χ4v) is 6.01. The van der Waals surface area contributed by atoms with Gasteiger partial charge in [0.25, 0.3) is 5.91 Å². The number of carbonyl (C=O) groups excluding carboxylic acids is 2. The van der Waals surface area contributed by atoms with Crippen molar-refractivity contribution in [3.63, 3.8) is 0 Å². The summed E-state index contributed by atoms with van der Waals surface area (Å²) < 4.78 is 15.0. The molecule has 2 amide bonds. The Morgan fingerprint density at radius 1 is 1.12 bits per heavy atom. The first-order valence-corrected chi connectivity index (χ1v) is 11.8. The third kappa shape index (κ3) is 3.32. The normalized spacial score (nSPS) is 19.6. The first kappa shape index (κ1) is 20.8. The van der Waals surface area contributed by atoms with Gasteiger partial charge in [-0.25, -0.2) is 9.37 Å². The van der Waals surface area contributed by atoms with E-state index in [1.54, 1.807) is 35.2 Å². The van der Waals surface area contributed by atoms with Gasteiger partial charge < -0.3 is 5.32 Å². The van der Waals surface area contributed by atoms with Gasteiger partial charge in [-0.3, -0.25) is 14.5 Å². The highest BCUT2D eigenvalue weighted by atomic mass is 32.1. The van der Waals surface area contributed by atoms with E-state index in [1.807, 2.05) is 24.4 Å². The molecule has 32 heavy (non-hydrogen) atoms. The van der Waals surface area contributed by atoms with E-state index in [9.17, 15) is 9.59 Å². The maximum Gasteiger partial charge on any atom is 0.259 e. The van der Waals surface area contributed by atoms with Crippen LogP contribution in [0.1, 0.15) is 59.6 Å². The van der Waals surface area contributed by atoms with E-state index in [0.29, 0.717) is 29.1 Å². The molecule has 1 aliphatic heterocycles. The first-order chi connectivity index (χ1) is 15.5. The van der Waals surface area contributed by atoms with Gasteiger partial charge in [-0.15, -0.1) is 11.3 Å². The summed E-state index contributed by atoms with van der Waals surface area (Å²) in [6.45, 7) is 1.88. The number of aromatic nitrogens is 1. The zero-order valence-corrected chi connectivity index (χ0v) is 18.6. The second kappa shape index (κ2) is 8.13. The highest BCUT2D eigenvalue weighted by Gasteiger charge is 2.55. The number of benzene rings is 2. The Labute approximate surface area is 190 Å². The van der Waals surface area contributed by atoms with Crippen molar-refractivity contribution < 1.29 is 14.0 Å². The summed E-state index contributed by atoms with van der Waals surface area (Å²) >= 11 is 1.37. The fraction of sp³-hybridized carbons (Fsp3) is 0.320. The molecule has 164 valence electrons. The first-order valence-electron chi connectivity index (χ1n) is 10.9. The monoisotopic (exact) mass is 449 g/mol. The number of carbonyl (C=O) groups is 2. The molecule has 3 aromatic rings. The van der Waals surface area contributed by atoms with Crippen LogP contribution < -0.4 is 10.2 Å². The number of fused-ring (bicyclic) bond motifs is 1. The molecule has 1 atom stereocenters. The second-order valence-corrected chi connectivity index (χ2v) is 9.42. The fourth-order valence-electron chi connectivity index (χ4n) is 5.32. The number of anilines is 2. The topological polar surface area (TPSA) is 62.3 Å². The minimum Gasteiger partial charge on any atom is -0.301 e. The number of nitrogens with one attached hydrogen (secondary N) is 1. The number of nitrogens with zero attached hydrogens (tertiary/aromatic N) is 2. The average Bonchev–Trinajstić information content (AvgIpc) is 3.20. The Hall–Kier alpha value is -3.06. The lowest BCUT2D eigenvalue weighted by molar-refractivity contribution is -0.119. The molecule has 2 heterocycles. The SMILES string of the molecule is Cc1csc(NC(=O)[C@H]2c3ccccc3C(=O)N(c3ccccc3F)C23CCCCC3)n1. The zero-order chi connectivity index (χ0) is 22.3. The molecule has 5 nitrogen and oxygen atoms in total. The number of hydrogen-bond donors (Lipinski definition) is 1. The predicted octanol–water partition coefficient (Wildman–Crippen LogP) is 5.68. The lowest BCUT2D eigenvalue weighted by Crippen LogP contribution is -2.62. The van der Waals surface area contributed by atoms with Gasteiger partial charge in [-0.2, -0.15) is 0 Å². The molecule has 0 bridgehead atoms. The quantitative estimate of drug-likeness (QED) is 0.560. The predicted molar refractivity (Wildman–Crippen MR) is 124 cm³/mol. The van der Waals surface area contributed by atoms with Crippen molar-refractivity contribution in [3.05, 3.63) is 76.5 Å². The number of halogens is 1. The highest BCUT2D eigenvalue weighted by molar-refractivity contribution is 7.13. The van der Waals surface area contributed by atoms with E-state index in [2.05, 4.69) is 10.3 Å². The summed E-state index contributed by atoms with van der Waals surface area (Å²) in [6.07, 6.45) is 4.05. The number of amides is 2. The number of hydrogen-bond acceptors (Lipinski definition) is 4. The zero-order valence-electron chi connectivity index (χ0n) is 17.8.